The Bertz CT molecular complexity index is 446. The predicted octanol–water partition coefficient (Wildman–Crippen LogP) is 3.41. The normalized spacial score (nSPS) is 18.0. The molecule has 1 aromatic carbocycles. The largest absolute Gasteiger partial charge is 0.508 e. The molecule has 0 aromatic heterocycles. The highest BCUT2D eigenvalue weighted by atomic mass is 16.3. The summed E-state index contributed by atoms with van der Waals surface area (Å²) < 4.78 is 0. The van der Waals surface area contributed by atoms with Crippen LogP contribution in [0.5, 0.6) is 5.75 Å². The number of nitrogens with zero attached hydrogens (tertiary/aromatic N) is 1. The minimum atomic E-state index is 0.0135. The van der Waals surface area contributed by atoms with E-state index in [1.807, 2.05) is 12.1 Å². The molecule has 0 bridgehead atoms. The van der Waals surface area contributed by atoms with Gasteiger partial charge in [0, 0.05) is 23.9 Å². The van der Waals surface area contributed by atoms with Crippen LogP contribution in [0.4, 0.5) is 5.69 Å². The summed E-state index contributed by atoms with van der Waals surface area (Å²) in [5, 5.41) is 9.61. The number of aromatic hydroxyl groups is 1. The summed E-state index contributed by atoms with van der Waals surface area (Å²) in [5.74, 6) is 0.336. The Morgan fingerprint density at radius 1 is 1.31 bits per heavy atom. The Morgan fingerprint density at radius 3 is 2.62 bits per heavy atom. The first-order valence-corrected chi connectivity index (χ1v) is 5.76. The van der Waals surface area contributed by atoms with E-state index in [4.69, 9.17) is 0 Å². The highest BCUT2D eigenvalue weighted by Crippen LogP contribution is 2.40. The van der Waals surface area contributed by atoms with E-state index in [0.29, 0.717) is 5.75 Å². The second-order valence-corrected chi connectivity index (χ2v) is 4.93. The molecular formula is C14H19NO. The first-order valence-electron chi connectivity index (χ1n) is 5.76. The molecule has 0 saturated carbocycles. The van der Waals surface area contributed by atoms with Crippen molar-refractivity contribution in [2.45, 2.75) is 33.2 Å². The van der Waals surface area contributed by atoms with Gasteiger partial charge in [-0.15, -0.1) is 0 Å². The number of hydrogen-bond donors (Lipinski definition) is 1. The molecule has 0 amide bonds. The molecule has 2 heteroatoms. The lowest BCUT2D eigenvalue weighted by molar-refractivity contribution is 0.474. The second kappa shape index (κ2) is 3.55. The van der Waals surface area contributed by atoms with Crippen LogP contribution in [0.15, 0.2) is 24.3 Å². The molecular weight excluding hydrogens is 198 g/mol. The molecule has 2 nitrogen and oxygen atoms in total. The standard InChI is InChI=1S/C14H19NO/c1-5-15-13-8-11(16)6-7-12(13)10(2)9-14(15,3)4/h6-9,16H,5H2,1-4H3. The van der Waals surface area contributed by atoms with Crippen LogP contribution in [0.1, 0.15) is 33.3 Å². The summed E-state index contributed by atoms with van der Waals surface area (Å²) in [7, 11) is 0. The number of anilines is 1. The molecule has 1 heterocycles. The number of likely N-dealkylation sites (N-methyl/N-ethyl adjacent to an activating group) is 1. The number of hydrogen-bond acceptors (Lipinski definition) is 2. The van der Waals surface area contributed by atoms with Crippen LogP contribution in [-0.2, 0) is 0 Å². The van der Waals surface area contributed by atoms with Crippen molar-refractivity contribution in [1.82, 2.24) is 0 Å². The van der Waals surface area contributed by atoms with E-state index in [9.17, 15) is 5.11 Å². The highest BCUT2D eigenvalue weighted by Gasteiger charge is 2.30. The molecule has 1 aromatic rings. The molecule has 1 aliphatic rings. The third-order valence-electron chi connectivity index (χ3n) is 3.28. The van der Waals surface area contributed by atoms with Crippen molar-refractivity contribution in [3.8, 4) is 5.75 Å². The van der Waals surface area contributed by atoms with E-state index in [1.165, 1.54) is 11.1 Å². The summed E-state index contributed by atoms with van der Waals surface area (Å²) in [6, 6.07) is 5.60. The van der Waals surface area contributed by atoms with E-state index < -0.39 is 0 Å². The van der Waals surface area contributed by atoms with Crippen molar-refractivity contribution in [3.05, 3.63) is 29.8 Å². The maximum absolute atomic E-state index is 9.61. The van der Waals surface area contributed by atoms with Gasteiger partial charge in [0.2, 0.25) is 0 Å². The number of phenolic OH excluding ortho intramolecular Hbond substituents is 1. The minimum absolute atomic E-state index is 0.0135. The third-order valence-corrected chi connectivity index (χ3v) is 3.28. The summed E-state index contributed by atoms with van der Waals surface area (Å²) in [6.07, 6.45) is 2.29. The summed E-state index contributed by atoms with van der Waals surface area (Å²) >= 11 is 0. The lowest BCUT2D eigenvalue weighted by atomic mass is 9.89. The smallest absolute Gasteiger partial charge is 0.117 e. The first-order chi connectivity index (χ1) is 7.45. The van der Waals surface area contributed by atoms with Gasteiger partial charge < -0.3 is 10.0 Å². The SMILES string of the molecule is CCN1c2cc(O)ccc2C(C)=CC1(C)C. The molecule has 0 unspecified atom stereocenters. The van der Waals surface area contributed by atoms with Gasteiger partial charge in [0.05, 0.1) is 5.54 Å². The van der Waals surface area contributed by atoms with E-state index >= 15 is 0 Å². The lowest BCUT2D eigenvalue weighted by Crippen LogP contribution is -2.44. The number of allylic oxidation sites excluding steroid dienone is 1. The Hall–Kier alpha value is -1.44. The molecule has 0 spiro atoms. The van der Waals surface area contributed by atoms with Crippen LogP contribution in [0.25, 0.3) is 5.57 Å². The zero-order valence-corrected chi connectivity index (χ0v) is 10.4. The number of benzene rings is 1. The molecule has 0 aliphatic carbocycles. The predicted molar refractivity (Wildman–Crippen MR) is 68.9 cm³/mol. The van der Waals surface area contributed by atoms with Crippen LogP contribution in [0.3, 0.4) is 0 Å². The van der Waals surface area contributed by atoms with Gasteiger partial charge in [0.1, 0.15) is 5.75 Å². The fourth-order valence-electron chi connectivity index (χ4n) is 2.65. The number of rotatable bonds is 1. The van der Waals surface area contributed by atoms with Gasteiger partial charge in [-0.25, -0.2) is 0 Å². The van der Waals surface area contributed by atoms with Gasteiger partial charge in [0.15, 0.2) is 0 Å². The van der Waals surface area contributed by atoms with Gasteiger partial charge in [-0.3, -0.25) is 0 Å². The zero-order chi connectivity index (χ0) is 11.9. The fraction of sp³-hybridized carbons (Fsp3) is 0.429. The summed E-state index contributed by atoms with van der Waals surface area (Å²) in [5.41, 5.74) is 3.65. The fourth-order valence-corrected chi connectivity index (χ4v) is 2.65. The van der Waals surface area contributed by atoms with Crippen LogP contribution < -0.4 is 4.90 Å². The van der Waals surface area contributed by atoms with Gasteiger partial charge >= 0.3 is 0 Å². The molecule has 0 radical (unpaired) electrons. The Kier molecular flexibility index (Phi) is 2.45. The van der Waals surface area contributed by atoms with E-state index in [0.717, 1.165) is 12.2 Å². The summed E-state index contributed by atoms with van der Waals surface area (Å²) in [4.78, 5) is 2.31. The van der Waals surface area contributed by atoms with E-state index in [-0.39, 0.29) is 5.54 Å². The van der Waals surface area contributed by atoms with Crippen LogP contribution >= 0.6 is 0 Å². The quantitative estimate of drug-likeness (QED) is 0.779. The molecule has 1 aliphatic heterocycles. The topological polar surface area (TPSA) is 23.5 Å². The Morgan fingerprint density at radius 2 is 2.00 bits per heavy atom. The average molecular weight is 217 g/mol. The van der Waals surface area contributed by atoms with Crippen molar-refractivity contribution in [1.29, 1.82) is 0 Å². The van der Waals surface area contributed by atoms with Crippen molar-refractivity contribution < 1.29 is 5.11 Å². The lowest BCUT2D eigenvalue weighted by Gasteiger charge is -2.42. The van der Waals surface area contributed by atoms with E-state index in [1.54, 1.807) is 6.07 Å². The molecule has 0 fully saturated rings. The molecule has 86 valence electrons. The monoisotopic (exact) mass is 217 g/mol. The minimum Gasteiger partial charge on any atom is -0.508 e. The zero-order valence-electron chi connectivity index (χ0n) is 10.4. The average Bonchev–Trinajstić information content (AvgIpc) is 2.16. The molecule has 0 saturated heterocycles. The van der Waals surface area contributed by atoms with Crippen LogP contribution in [0, 0.1) is 0 Å². The molecule has 2 rings (SSSR count). The maximum atomic E-state index is 9.61. The summed E-state index contributed by atoms with van der Waals surface area (Å²) in [6.45, 7) is 9.61. The van der Waals surface area contributed by atoms with Crippen LogP contribution in [0.2, 0.25) is 0 Å². The van der Waals surface area contributed by atoms with Gasteiger partial charge in [-0.1, -0.05) is 6.08 Å². The van der Waals surface area contributed by atoms with E-state index in [2.05, 4.69) is 38.7 Å². The third kappa shape index (κ3) is 1.58. The number of phenols is 1. The number of fused-ring (bicyclic) bond motifs is 1. The van der Waals surface area contributed by atoms with Gasteiger partial charge in [-0.05, 0) is 45.4 Å². The van der Waals surface area contributed by atoms with Crippen molar-refractivity contribution in [2.75, 3.05) is 11.4 Å². The Labute approximate surface area is 97.2 Å². The van der Waals surface area contributed by atoms with Crippen molar-refractivity contribution in [3.63, 3.8) is 0 Å². The Balaban J connectivity index is 2.64. The molecule has 0 atom stereocenters. The van der Waals surface area contributed by atoms with Gasteiger partial charge in [0.25, 0.3) is 0 Å². The molecule has 1 N–H and O–H groups in total. The van der Waals surface area contributed by atoms with Crippen LogP contribution in [-0.4, -0.2) is 17.2 Å². The molecule has 16 heavy (non-hydrogen) atoms. The van der Waals surface area contributed by atoms with Crippen molar-refractivity contribution >= 4 is 11.3 Å². The van der Waals surface area contributed by atoms with Gasteiger partial charge in [-0.2, -0.15) is 0 Å². The first kappa shape index (κ1) is 11.1. The van der Waals surface area contributed by atoms with Crippen molar-refractivity contribution in [2.24, 2.45) is 0 Å². The highest BCUT2D eigenvalue weighted by molar-refractivity contribution is 5.81. The second-order valence-electron chi connectivity index (χ2n) is 4.93. The maximum Gasteiger partial charge on any atom is 0.117 e.